The molecule has 6 nitrogen and oxygen atoms in total. The predicted octanol–water partition coefficient (Wildman–Crippen LogP) is 3.15. The Kier molecular flexibility index (Phi) is 5.84. The van der Waals surface area contributed by atoms with Crippen molar-refractivity contribution in [2.45, 2.75) is 19.4 Å². The Hall–Kier alpha value is -3.48. The molecule has 1 heterocycles. The third-order valence-electron chi connectivity index (χ3n) is 4.25. The minimum absolute atomic E-state index is 0.138. The maximum absolute atomic E-state index is 12.9. The van der Waals surface area contributed by atoms with Crippen LogP contribution in [0.1, 0.15) is 18.9 Å². The van der Waals surface area contributed by atoms with Gasteiger partial charge in [-0.2, -0.15) is 0 Å². The van der Waals surface area contributed by atoms with Gasteiger partial charge in [-0.15, -0.1) is 0 Å². The fraction of sp³-hybridized carbons (Fsp3) is 0.190. The second kappa shape index (κ2) is 8.47. The van der Waals surface area contributed by atoms with E-state index in [0.717, 1.165) is 0 Å². The highest BCUT2D eigenvalue weighted by atomic mass is 19.1. The lowest BCUT2D eigenvalue weighted by atomic mass is 10.1. The molecule has 7 heteroatoms. The fourth-order valence-corrected chi connectivity index (χ4v) is 2.96. The summed E-state index contributed by atoms with van der Waals surface area (Å²) in [6.07, 6.45) is 2.78. The summed E-state index contributed by atoms with van der Waals surface area (Å²) in [6, 6.07) is 12.2. The van der Waals surface area contributed by atoms with Gasteiger partial charge in [0.2, 0.25) is 5.91 Å². The fourth-order valence-electron chi connectivity index (χ4n) is 2.96. The number of benzene rings is 2. The molecule has 2 aromatic carbocycles. The van der Waals surface area contributed by atoms with E-state index in [9.17, 15) is 18.8 Å². The lowest BCUT2D eigenvalue weighted by Gasteiger charge is -2.27. The van der Waals surface area contributed by atoms with Gasteiger partial charge in [0.05, 0.1) is 11.4 Å². The van der Waals surface area contributed by atoms with E-state index in [-0.39, 0.29) is 24.2 Å². The van der Waals surface area contributed by atoms with Gasteiger partial charge < -0.3 is 15.0 Å². The summed E-state index contributed by atoms with van der Waals surface area (Å²) in [7, 11) is 0. The van der Waals surface area contributed by atoms with Crippen LogP contribution >= 0.6 is 0 Å². The first-order valence-electron chi connectivity index (χ1n) is 8.75. The molecular weight excluding hydrogens is 363 g/mol. The van der Waals surface area contributed by atoms with Gasteiger partial charge in [-0.05, 0) is 42.8 Å². The zero-order chi connectivity index (χ0) is 20.1. The van der Waals surface area contributed by atoms with E-state index >= 15 is 0 Å². The highest BCUT2D eigenvalue weighted by Crippen LogP contribution is 2.31. The highest BCUT2D eigenvalue weighted by Gasteiger charge is 2.29. The lowest BCUT2D eigenvalue weighted by molar-refractivity contribution is -0.143. The van der Waals surface area contributed by atoms with Crippen LogP contribution in [0.4, 0.5) is 15.8 Å². The summed E-state index contributed by atoms with van der Waals surface area (Å²) in [5.74, 6) is -1.68. The van der Waals surface area contributed by atoms with Crippen molar-refractivity contribution >= 4 is 35.2 Å². The van der Waals surface area contributed by atoms with E-state index in [2.05, 4.69) is 5.32 Å². The van der Waals surface area contributed by atoms with Crippen molar-refractivity contribution in [3.8, 4) is 0 Å². The van der Waals surface area contributed by atoms with Gasteiger partial charge in [0.15, 0.2) is 6.61 Å². The second-order valence-electron chi connectivity index (χ2n) is 6.37. The third kappa shape index (κ3) is 4.62. The predicted molar refractivity (Wildman–Crippen MR) is 103 cm³/mol. The summed E-state index contributed by atoms with van der Waals surface area (Å²) < 4.78 is 17.9. The van der Waals surface area contributed by atoms with Gasteiger partial charge >= 0.3 is 5.97 Å². The standard InChI is InChI=1S/C21H19FN2O4/c1-14-12-19(25)23-17-4-2-3-5-18(17)24(14)20(26)13-28-21(27)11-8-15-6-9-16(22)10-7-15/h2-11,14H,12-13H2,1H3,(H,23,25)/b11-8+/t14-/m1/s1. The van der Waals surface area contributed by atoms with Crippen molar-refractivity contribution in [3.63, 3.8) is 0 Å². The Bertz CT molecular complexity index is 924. The van der Waals surface area contributed by atoms with Gasteiger partial charge in [-0.3, -0.25) is 9.59 Å². The molecule has 0 bridgehead atoms. The maximum atomic E-state index is 12.9. The molecule has 2 aromatic rings. The van der Waals surface area contributed by atoms with Crippen LogP contribution in [0.25, 0.3) is 6.08 Å². The Balaban J connectivity index is 1.66. The molecule has 0 fully saturated rings. The van der Waals surface area contributed by atoms with Crippen LogP contribution in [0.15, 0.2) is 54.6 Å². The first-order chi connectivity index (χ1) is 13.4. The number of rotatable bonds is 4. The summed E-state index contributed by atoms with van der Waals surface area (Å²) in [5, 5.41) is 2.77. The number of nitrogens with zero attached hydrogens (tertiary/aromatic N) is 1. The zero-order valence-corrected chi connectivity index (χ0v) is 15.2. The number of amides is 2. The number of hydrogen-bond acceptors (Lipinski definition) is 4. The van der Waals surface area contributed by atoms with Gasteiger partial charge in [0.25, 0.3) is 5.91 Å². The van der Waals surface area contributed by atoms with E-state index in [0.29, 0.717) is 16.9 Å². The number of anilines is 2. The van der Waals surface area contributed by atoms with Crippen molar-refractivity contribution in [3.05, 3.63) is 66.0 Å². The Morgan fingerprint density at radius 1 is 1.21 bits per heavy atom. The first-order valence-corrected chi connectivity index (χ1v) is 8.75. The van der Waals surface area contributed by atoms with E-state index in [1.54, 1.807) is 31.2 Å². The van der Waals surface area contributed by atoms with Crippen molar-refractivity contribution in [1.82, 2.24) is 0 Å². The number of hydrogen-bond donors (Lipinski definition) is 1. The maximum Gasteiger partial charge on any atom is 0.331 e. The van der Waals surface area contributed by atoms with Crippen LogP contribution in [0.5, 0.6) is 0 Å². The molecule has 1 aliphatic heterocycles. The molecule has 0 saturated heterocycles. The molecule has 0 aromatic heterocycles. The topological polar surface area (TPSA) is 75.7 Å². The largest absolute Gasteiger partial charge is 0.452 e. The Morgan fingerprint density at radius 3 is 2.68 bits per heavy atom. The van der Waals surface area contributed by atoms with Crippen molar-refractivity contribution in [2.24, 2.45) is 0 Å². The van der Waals surface area contributed by atoms with Crippen LogP contribution in [-0.2, 0) is 19.1 Å². The summed E-state index contributed by atoms with van der Waals surface area (Å²) in [4.78, 5) is 38.0. The minimum atomic E-state index is -0.692. The van der Waals surface area contributed by atoms with Crippen molar-refractivity contribution in [2.75, 3.05) is 16.8 Å². The van der Waals surface area contributed by atoms with Crippen molar-refractivity contribution < 1.29 is 23.5 Å². The van der Waals surface area contributed by atoms with Gasteiger partial charge in [-0.25, -0.2) is 9.18 Å². The number of fused-ring (bicyclic) bond motifs is 1. The molecule has 1 atom stereocenters. The average molecular weight is 382 g/mol. The van der Waals surface area contributed by atoms with Gasteiger partial charge in [-0.1, -0.05) is 24.3 Å². The molecule has 144 valence electrons. The quantitative estimate of drug-likeness (QED) is 0.651. The second-order valence-corrected chi connectivity index (χ2v) is 6.37. The average Bonchev–Trinajstić information content (AvgIpc) is 2.79. The van der Waals surface area contributed by atoms with Gasteiger partial charge in [0.1, 0.15) is 5.82 Å². The van der Waals surface area contributed by atoms with E-state index < -0.39 is 18.5 Å². The highest BCUT2D eigenvalue weighted by molar-refractivity contribution is 6.05. The Morgan fingerprint density at radius 2 is 1.93 bits per heavy atom. The number of ether oxygens (including phenoxy) is 1. The number of carbonyl (C=O) groups excluding carboxylic acids is 3. The zero-order valence-electron chi connectivity index (χ0n) is 15.2. The summed E-state index contributed by atoms with van der Waals surface area (Å²) >= 11 is 0. The van der Waals surface area contributed by atoms with E-state index in [4.69, 9.17) is 4.74 Å². The lowest BCUT2D eigenvalue weighted by Crippen LogP contribution is -2.41. The molecule has 0 aliphatic carbocycles. The number of halogens is 1. The smallest absolute Gasteiger partial charge is 0.331 e. The van der Waals surface area contributed by atoms with E-state index in [1.165, 1.54) is 41.3 Å². The Labute approximate surface area is 161 Å². The number of carbonyl (C=O) groups is 3. The molecule has 3 rings (SSSR count). The number of para-hydroxylation sites is 2. The van der Waals surface area contributed by atoms with Crippen LogP contribution in [0.2, 0.25) is 0 Å². The van der Waals surface area contributed by atoms with E-state index in [1.807, 2.05) is 0 Å². The van der Waals surface area contributed by atoms with Crippen LogP contribution in [0.3, 0.4) is 0 Å². The molecule has 28 heavy (non-hydrogen) atoms. The molecule has 0 unspecified atom stereocenters. The van der Waals surface area contributed by atoms with Crippen molar-refractivity contribution in [1.29, 1.82) is 0 Å². The van der Waals surface area contributed by atoms with Crippen LogP contribution in [-0.4, -0.2) is 30.4 Å². The third-order valence-corrected chi connectivity index (χ3v) is 4.25. The normalized spacial score (nSPS) is 16.3. The molecule has 0 saturated carbocycles. The molecule has 0 spiro atoms. The summed E-state index contributed by atoms with van der Waals surface area (Å²) in [5.41, 5.74) is 1.72. The molecule has 2 amide bonds. The summed E-state index contributed by atoms with van der Waals surface area (Å²) in [6.45, 7) is 1.30. The molecular formula is C21H19FN2O4. The monoisotopic (exact) mass is 382 g/mol. The first kappa shape index (κ1) is 19.3. The SMILES string of the molecule is C[C@@H]1CC(=O)Nc2ccccc2N1C(=O)COC(=O)/C=C/c1ccc(F)cc1. The molecule has 1 N–H and O–H groups in total. The number of esters is 1. The molecule has 0 radical (unpaired) electrons. The van der Waals surface area contributed by atoms with Crippen LogP contribution in [0, 0.1) is 5.82 Å². The van der Waals surface area contributed by atoms with Gasteiger partial charge in [0, 0.05) is 18.5 Å². The number of nitrogens with one attached hydrogen (secondary N) is 1. The minimum Gasteiger partial charge on any atom is -0.452 e. The molecule has 1 aliphatic rings. The van der Waals surface area contributed by atoms with Crippen LogP contribution < -0.4 is 10.2 Å².